The van der Waals surface area contributed by atoms with Gasteiger partial charge in [-0.1, -0.05) is 7.43 Å². The molecule has 0 rings (SSSR count). The molecule has 0 heterocycles. The van der Waals surface area contributed by atoms with E-state index in [0.29, 0.717) is 0 Å². The van der Waals surface area contributed by atoms with Gasteiger partial charge in [0.2, 0.25) is 0 Å². The average Bonchev–Trinajstić information content (AvgIpc) is 0.650. The quantitative estimate of drug-likeness (QED) is 0.511. The third-order valence-electron chi connectivity index (χ3n) is 0. The molecule has 0 unspecified atom stereocenters. The predicted molar refractivity (Wildman–Crippen MR) is 42.9 cm³/mol. The van der Waals surface area contributed by atoms with Crippen molar-refractivity contribution in [1.82, 2.24) is 0 Å². The second kappa shape index (κ2) is 2.64. The summed E-state index contributed by atoms with van der Waals surface area (Å²) in [5.41, 5.74) is 0. The van der Waals surface area contributed by atoms with E-state index in [9.17, 15) is 0 Å². The summed E-state index contributed by atoms with van der Waals surface area (Å²) in [6.07, 6.45) is 0. The summed E-state index contributed by atoms with van der Waals surface area (Å²) in [6.45, 7) is 0. The van der Waals surface area contributed by atoms with Gasteiger partial charge < -0.3 is 0 Å². The van der Waals surface area contributed by atoms with Crippen molar-refractivity contribution in [3.05, 3.63) is 0 Å². The van der Waals surface area contributed by atoms with Gasteiger partial charge in [0.1, 0.15) is 0 Å². The Morgan fingerprint density at radius 1 is 0.714 bits per heavy atom. The van der Waals surface area contributed by atoms with Crippen molar-refractivity contribution in [2.45, 2.75) is 7.43 Å². The third kappa shape index (κ3) is 77.1. The molecule has 0 saturated carbocycles. The van der Waals surface area contributed by atoms with Crippen LogP contribution in [0.15, 0.2) is 0 Å². The molecular formula is CH4Cl5P. The Labute approximate surface area is 66.9 Å². The van der Waals surface area contributed by atoms with Crippen LogP contribution in [0, 0.1) is 0 Å². The van der Waals surface area contributed by atoms with Crippen LogP contribution < -0.4 is 0 Å². The van der Waals surface area contributed by atoms with Gasteiger partial charge >= 0.3 is 59.6 Å². The minimum atomic E-state index is -3.69. The van der Waals surface area contributed by atoms with E-state index >= 15 is 0 Å². The normalized spacial score (nSPS) is 16.4. The van der Waals surface area contributed by atoms with Crippen LogP contribution in [-0.4, -0.2) is 0 Å². The van der Waals surface area contributed by atoms with Gasteiger partial charge in [-0.15, -0.1) is 0 Å². The fourth-order valence-corrected chi connectivity index (χ4v) is 0. The second-order valence-corrected chi connectivity index (χ2v) is 17.2. The van der Waals surface area contributed by atoms with Gasteiger partial charge in [-0.25, -0.2) is 0 Å². The van der Waals surface area contributed by atoms with E-state index in [-0.39, 0.29) is 7.43 Å². The van der Waals surface area contributed by atoms with E-state index in [1.165, 1.54) is 0 Å². The van der Waals surface area contributed by atoms with Crippen molar-refractivity contribution in [2.75, 3.05) is 0 Å². The summed E-state index contributed by atoms with van der Waals surface area (Å²) in [5, 5.41) is 0. The summed E-state index contributed by atoms with van der Waals surface area (Å²) in [5.74, 6) is 0. The van der Waals surface area contributed by atoms with E-state index in [0.717, 1.165) is 0 Å². The standard InChI is InChI=1S/CH4.Cl5P/c;1-6(2,3,4)5/h1H4;. The minimum absolute atomic E-state index is 0. The summed E-state index contributed by atoms with van der Waals surface area (Å²) in [4.78, 5) is 0. The van der Waals surface area contributed by atoms with Gasteiger partial charge in [-0.05, 0) is 0 Å². The molecule has 6 heteroatoms. The first-order chi connectivity index (χ1) is 2.24. The molecule has 0 fully saturated rings. The molecule has 0 radical (unpaired) electrons. The molecule has 0 N–H and O–H groups in total. The zero-order valence-corrected chi connectivity index (χ0v) is 7.01. The number of hydrogen-bond acceptors (Lipinski definition) is 0. The Balaban J connectivity index is 0. The monoisotopic (exact) mass is 222 g/mol. The van der Waals surface area contributed by atoms with Crippen molar-refractivity contribution >= 4 is 59.6 Å². The molecule has 0 aromatic heterocycles. The summed E-state index contributed by atoms with van der Waals surface area (Å²) >= 11 is 24.9. The maximum absolute atomic E-state index is 4.98. The Morgan fingerprint density at radius 3 is 0.714 bits per heavy atom. The Kier molecular flexibility index (Phi) is 4.40. The predicted octanol–water partition coefficient (Wildman–Crippen LogP) is 4.94. The van der Waals surface area contributed by atoms with Crippen molar-refractivity contribution in [1.29, 1.82) is 0 Å². The van der Waals surface area contributed by atoms with Gasteiger partial charge in [-0.2, -0.15) is 0 Å². The zero-order chi connectivity index (χ0) is 5.45. The number of halogens is 5. The molecular weight excluding hydrogens is 220 g/mol. The number of rotatable bonds is 0. The van der Waals surface area contributed by atoms with E-state index in [1.807, 2.05) is 0 Å². The first-order valence-corrected chi connectivity index (χ1v) is 7.61. The topological polar surface area (TPSA) is 0 Å². The molecule has 0 atom stereocenters. The molecule has 0 aromatic rings. The average molecular weight is 224 g/mol. The van der Waals surface area contributed by atoms with Gasteiger partial charge in [-0.3, -0.25) is 0 Å². The molecule has 0 aliphatic heterocycles. The van der Waals surface area contributed by atoms with E-state index < -0.39 is 3.37 Å². The fraction of sp³-hybridized carbons (Fsp3) is 1.00. The second-order valence-electron chi connectivity index (χ2n) is 0.639. The molecule has 0 bridgehead atoms. The molecule has 0 saturated heterocycles. The Hall–Kier alpha value is 1.88. The first-order valence-electron chi connectivity index (χ1n) is 0.845. The van der Waals surface area contributed by atoms with Crippen molar-refractivity contribution in [3.63, 3.8) is 0 Å². The molecule has 0 aromatic carbocycles. The summed E-state index contributed by atoms with van der Waals surface area (Å²) in [7, 11) is 0. The fourth-order valence-electron chi connectivity index (χ4n) is 0. The van der Waals surface area contributed by atoms with Crippen LogP contribution in [0.5, 0.6) is 0 Å². The molecule has 0 aliphatic carbocycles. The van der Waals surface area contributed by atoms with Gasteiger partial charge in [0.25, 0.3) is 0 Å². The van der Waals surface area contributed by atoms with Crippen LogP contribution in [0.2, 0.25) is 0 Å². The summed E-state index contributed by atoms with van der Waals surface area (Å²) < 4.78 is -3.69. The van der Waals surface area contributed by atoms with Crippen LogP contribution in [0.4, 0.5) is 0 Å². The zero-order valence-electron chi connectivity index (χ0n) is 2.34. The van der Waals surface area contributed by atoms with Crippen LogP contribution in [0.25, 0.3) is 0 Å². The Bertz CT molecular complexity index is 41.3. The summed E-state index contributed by atoms with van der Waals surface area (Å²) in [6, 6.07) is 0. The molecule has 7 heavy (non-hydrogen) atoms. The van der Waals surface area contributed by atoms with Gasteiger partial charge in [0.15, 0.2) is 0 Å². The van der Waals surface area contributed by atoms with E-state index in [4.69, 9.17) is 56.2 Å². The van der Waals surface area contributed by atoms with Crippen LogP contribution >= 0.6 is 59.6 Å². The Morgan fingerprint density at radius 2 is 0.714 bits per heavy atom. The molecule has 0 aliphatic rings. The van der Waals surface area contributed by atoms with Crippen molar-refractivity contribution in [2.24, 2.45) is 0 Å². The van der Waals surface area contributed by atoms with Crippen LogP contribution in [0.3, 0.4) is 0 Å². The first kappa shape index (κ1) is 11.6. The third-order valence-corrected chi connectivity index (χ3v) is 0. The number of hydrogen-bond donors (Lipinski definition) is 0. The van der Waals surface area contributed by atoms with Gasteiger partial charge in [0.05, 0.1) is 0 Å². The maximum atomic E-state index is 4.98. The van der Waals surface area contributed by atoms with E-state index in [2.05, 4.69) is 0 Å². The van der Waals surface area contributed by atoms with Gasteiger partial charge in [0, 0.05) is 0 Å². The molecule has 48 valence electrons. The molecule has 0 spiro atoms. The van der Waals surface area contributed by atoms with Crippen LogP contribution in [0.1, 0.15) is 7.43 Å². The van der Waals surface area contributed by atoms with Crippen LogP contribution in [-0.2, 0) is 0 Å². The SMILES string of the molecule is C.ClP(Cl)(Cl)(Cl)Cl. The van der Waals surface area contributed by atoms with Crippen molar-refractivity contribution < 1.29 is 0 Å². The molecule has 0 amide bonds. The molecule has 0 nitrogen and oxygen atoms in total. The van der Waals surface area contributed by atoms with E-state index in [1.54, 1.807) is 0 Å². The van der Waals surface area contributed by atoms with Crippen molar-refractivity contribution in [3.8, 4) is 0 Å².